The van der Waals surface area contributed by atoms with Crippen molar-refractivity contribution in [2.24, 2.45) is 0 Å². The number of piperazine rings is 1. The zero-order valence-corrected chi connectivity index (χ0v) is 14.2. The number of carboxylic acids is 1. The third kappa shape index (κ3) is 3.16. The Morgan fingerprint density at radius 1 is 1.12 bits per heavy atom. The molecular weight excluding hydrogens is 308 g/mol. The van der Waals surface area contributed by atoms with Gasteiger partial charge in [0.2, 0.25) is 0 Å². The van der Waals surface area contributed by atoms with Crippen LogP contribution >= 0.6 is 0 Å². The molecule has 1 aromatic rings. The van der Waals surface area contributed by atoms with E-state index in [0.717, 1.165) is 12.0 Å². The van der Waals surface area contributed by atoms with Gasteiger partial charge >= 0.3 is 5.97 Å². The molecule has 0 atom stereocenters. The highest BCUT2D eigenvalue weighted by Gasteiger charge is 2.37. The lowest BCUT2D eigenvalue weighted by Gasteiger charge is -2.41. The number of nitrogens with zero attached hydrogens (tertiary/aromatic N) is 2. The van der Waals surface area contributed by atoms with Gasteiger partial charge in [-0.2, -0.15) is 0 Å². The fourth-order valence-electron chi connectivity index (χ4n) is 3.28. The van der Waals surface area contributed by atoms with E-state index in [2.05, 4.69) is 0 Å². The predicted octanol–water partition coefficient (Wildman–Crippen LogP) is 1.38. The molecule has 0 spiro atoms. The summed E-state index contributed by atoms with van der Waals surface area (Å²) in [5.41, 5.74) is 2.16. The van der Waals surface area contributed by atoms with E-state index in [1.807, 2.05) is 28.0 Å². The van der Waals surface area contributed by atoms with Gasteiger partial charge in [0.25, 0.3) is 5.91 Å². The van der Waals surface area contributed by atoms with Crippen molar-refractivity contribution >= 4 is 11.9 Å². The smallest absolute Gasteiger partial charge is 0.323 e. The Morgan fingerprint density at radius 3 is 2.50 bits per heavy atom. The van der Waals surface area contributed by atoms with Gasteiger partial charge in [-0.15, -0.1) is 0 Å². The number of rotatable bonds is 3. The molecule has 1 amide bonds. The Hall–Kier alpha value is -1.92. The summed E-state index contributed by atoms with van der Waals surface area (Å²) in [5, 5.41) is 9.33. The van der Waals surface area contributed by atoms with Gasteiger partial charge in [0, 0.05) is 31.7 Å². The average Bonchev–Trinajstić information content (AvgIpc) is 2.60. The van der Waals surface area contributed by atoms with Gasteiger partial charge in [-0.25, -0.2) is 0 Å². The molecule has 1 saturated heterocycles. The number of hydrogen-bond acceptors (Lipinski definition) is 4. The Labute approximate surface area is 142 Å². The molecule has 130 valence electrons. The van der Waals surface area contributed by atoms with E-state index in [1.54, 1.807) is 13.8 Å². The van der Waals surface area contributed by atoms with E-state index < -0.39 is 11.5 Å². The molecule has 0 radical (unpaired) electrons. The molecule has 0 aliphatic carbocycles. The summed E-state index contributed by atoms with van der Waals surface area (Å²) in [6.07, 6.45) is 0.844. The van der Waals surface area contributed by atoms with Crippen molar-refractivity contribution in [2.45, 2.75) is 32.4 Å². The number of fused-ring (bicyclic) bond motifs is 1. The second kappa shape index (κ2) is 6.53. The van der Waals surface area contributed by atoms with Crippen LogP contribution in [-0.2, 0) is 22.6 Å². The molecule has 0 saturated carbocycles. The summed E-state index contributed by atoms with van der Waals surface area (Å²) in [7, 11) is 0. The molecule has 1 fully saturated rings. The molecule has 24 heavy (non-hydrogen) atoms. The summed E-state index contributed by atoms with van der Waals surface area (Å²) >= 11 is 0. The predicted molar refractivity (Wildman–Crippen MR) is 89.0 cm³/mol. The summed E-state index contributed by atoms with van der Waals surface area (Å²) in [5.74, 6) is -0.809. The van der Waals surface area contributed by atoms with Crippen LogP contribution in [0.15, 0.2) is 18.2 Å². The van der Waals surface area contributed by atoms with Gasteiger partial charge in [0.05, 0.1) is 13.2 Å². The molecule has 0 bridgehead atoms. The number of carboxylic acid groups (broad SMARTS) is 1. The molecule has 2 aliphatic rings. The van der Waals surface area contributed by atoms with Crippen molar-refractivity contribution in [3.63, 3.8) is 0 Å². The zero-order chi connectivity index (χ0) is 17.3. The van der Waals surface area contributed by atoms with Crippen LogP contribution < -0.4 is 0 Å². The molecule has 1 N–H and O–H groups in total. The van der Waals surface area contributed by atoms with E-state index >= 15 is 0 Å². The van der Waals surface area contributed by atoms with Crippen LogP contribution in [-0.4, -0.2) is 65.1 Å². The minimum atomic E-state index is -0.902. The van der Waals surface area contributed by atoms with Crippen LogP contribution in [0.2, 0.25) is 0 Å². The maximum Gasteiger partial charge on any atom is 0.323 e. The van der Waals surface area contributed by atoms with E-state index in [-0.39, 0.29) is 5.91 Å². The summed E-state index contributed by atoms with van der Waals surface area (Å²) < 4.78 is 5.43. The summed E-state index contributed by atoms with van der Waals surface area (Å²) in [6, 6.07) is 5.82. The van der Waals surface area contributed by atoms with Gasteiger partial charge in [-0.3, -0.25) is 14.5 Å². The number of ether oxygens (including phenoxy) is 1. The molecule has 0 unspecified atom stereocenters. The van der Waals surface area contributed by atoms with E-state index in [0.29, 0.717) is 45.0 Å². The number of carbonyl (C=O) groups is 2. The molecule has 3 rings (SSSR count). The fraction of sp³-hybridized carbons (Fsp3) is 0.556. The molecule has 0 aromatic heterocycles. The van der Waals surface area contributed by atoms with Crippen molar-refractivity contribution in [1.82, 2.24) is 9.80 Å². The lowest BCUT2D eigenvalue weighted by atomic mass is 9.99. The lowest BCUT2D eigenvalue weighted by Crippen LogP contribution is -2.58. The number of aliphatic carboxylic acids is 1. The first-order valence-electron chi connectivity index (χ1n) is 8.37. The molecule has 6 nitrogen and oxygen atoms in total. The fourth-order valence-corrected chi connectivity index (χ4v) is 3.28. The zero-order valence-electron chi connectivity index (χ0n) is 14.2. The third-order valence-electron chi connectivity index (χ3n) is 5.11. The third-order valence-corrected chi connectivity index (χ3v) is 5.11. The average molecular weight is 332 g/mol. The number of carbonyl (C=O) groups excluding carboxylic acids is 1. The maximum atomic E-state index is 12.7. The standard InChI is InChI=1S/C18H24N2O4/c1-18(2,17(22)23)20-8-6-19(7-9-20)16(21)14-3-4-15-12-24-10-5-13(15)11-14/h3-4,11H,5-10,12H2,1-2H3,(H,22,23). The van der Waals surface area contributed by atoms with Gasteiger partial charge in [-0.05, 0) is 43.5 Å². The van der Waals surface area contributed by atoms with Crippen LogP contribution in [0.3, 0.4) is 0 Å². The Balaban J connectivity index is 1.66. The molecule has 6 heteroatoms. The first kappa shape index (κ1) is 16.9. The topological polar surface area (TPSA) is 70.1 Å². The van der Waals surface area contributed by atoms with Crippen molar-refractivity contribution < 1.29 is 19.4 Å². The SMILES string of the molecule is CC(C)(C(=O)O)N1CCN(C(=O)c2ccc3c(c2)CCOC3)CC1. The molecule has 2 aliphatic heterocycles. The maximum absolute atomic E-state index is 12.7. The molecular formula is C18H24N2O4. The Bertz CT molecular complexity index is 648. The van der Waals surface area contributed by atoms with Crippen LogP contribution in [0, 0.1) is 0 Å². The first-order chi connectivity index (χ1) is 11.4. The lowest BCUT2D eigenvalue weighted by molar-refractivity contribution is -0.150. The Kier molecular flexibility index (Phi) is 4.60. The van der Waals surface area contributed by atoms with E-state index in [4.69, 9.17) is 4.74 Å². The highest BCUT2D eigenvalue weighted by molar-refractivity contribution is 5.94. The highest BCUT2D eigenvalue weighted by atomic mass is 16.5. The van der Waals surface area contributed by atoms with Crippen molar-refractivity contribution in [2.75, 3.05) is 32.8 Å². The van der Waals surface area contributed by atoms with E-state index in [1.165, 1.54) is 5.56 Å². The minimum Gasteiger partial charge on any atom is -0.480 e. The summed E-state index contributed by atoms with van der Waals surface area (Å²) in [4.78, 5) is 27.8. The van der Waals surface area contributed by atoms with Crippen LogP contribution in [0.25, 0.3) is 0 Å². The van der Waals surface area contributed by atoms with Gasteiger partial charge in [0.15, 0.2) is 0 Å². The monoisotopic (exact) mass is 332 g/mol. The second-order valence-electron chi connectivity index (χ2n) is 6.93. The quantitative estimate of drug-likeness (QED) is 0.905. The largest absolute Gasteiger partial charge is 0.480 e. The van der Waals surface area contributed by atoms with Gasteiger partial charge in [-0.1, -0.05) is 6.07 Å². The minimum absolute atomic E-state index is 0.0251. The van der Waals surface area contributed by atoms with Crippen molar-refractivity contribution in [1.29, 1.82) is 0 Å². The summed E-state index contributed by atoms with van der Waals surface area (Å²) in [6.45, 7) is 6.98. The number of hydrogen-bond donors (Lipinski definition) is 1. The van der Waals surface area contributed by atoms with Crippen molar-refractivity contribution in [3.05, 3.63) is 34.9 Å². The van der Waals surface area contributed by atoms with Crippen LogP contribution in [0.1, 0.15) is 35.3 Å². The first-order valence-corrected chi connectivity index (χ1v) is 8.37. The number of benzene rings is 1. The number of amides is 1. The second-order valence-corrected chi connectivity index (χ2v) is 6.93. The van der Waals surface area contributed by atoms with Crippen LogP contribution in [0.4, 0.5) is 0 Å². The van der Waals surface area contributed by atoms with Crippen LogP contribution in [0.5, 0.6) is 0 Å². The van der Waals surface area contributed by atoms with Gasteiger partial charge in [0.1, 0.15) is 5.54 Å². The highest BCUT2D eigenvalue weighted by Crippen LogP contribution is 2.21. The molecule has 1 aromatic carbocycles. The normalized spacial score (nSPS) is 19.0. The van der Waals surface area contributed by atoms with Gasteiger partial charge < -0.3 is 14.7 Å². The Morgan fingerprint density at radius 2 is 1.83 bits per heavy atom. The van der Waals surface area contributed by atoms with E-state index in [9.17, 15) is 14.7 Å². The molecule has 2 heterocycles. The van der Waals surface area contributed by atoms with Crippen molar-refractivity contribution in [3.8, 4) is 0 Å².